The zero-order chi connectivity index (χ0) is 15.7. The fraction of sp³-hybridized carbons (Fsp3) is 0.250. The molecule has 9 nitrogen and oxygen atoms in total. The van der Waals surface area contributed by atoms with Crippen LogP contribution < -0.4 is 4.72 Å². The standard InChI is InChI=1S/C12H13N5O4S/c1-17-7-8(5-13-17)11-15-12(21-16-11)10-4-3-9(20-10)6-14-22(2,18)19/h3-5,7,14H,6H2,1-2H3. The number of sulfonamides is 1. The summed E-state index contributed by atoms with van der Waals surface area (Å²) < 4.78 is 36.7. The SMILES string of the molecule is Cn1cc(-c2noc(-c3ccc(CNS(C)(=O)=O)o3)n2)cn1. The van der Waals surface area contributed by atoms with Gasteiger partial charge in [0.15, 0.2) is 5.76 Å². The highest BCUT2D eigenvalue weighted by molar-refractivity contribution is 7.88. The fourth-order valence-corrected chi connectivity index (χ4v) is 2.17. The Kier molecular flexibility index (Phi) is 3.54. The molecule has 10 heteroatoms. The van der Waals surface area contributed by atoms with E-state index in [0.29, 0.717) is 17.3 Å². The molecule has 0 fully saturated rings. The predicted molar refractivity (Wildman–Crippen MR) is 75.9 cm³/mol. The number of hydrogen-bond acceptors (Lipinski definition) is 7. The average Bonchev–Trinajstić information content (AvgIpc) is 3.14. The molecule has 0 saturated heterocycles. The van der Waals surface area contributed by atoms with Gasteiger partial charge in [-0.1, -0.05) is 5.16 Å². The Balaban J connectivity index is 1.78. The predicted octanol–water partition coefficient (Wildman–Crippen LogP) is 0.779. The third kappa shape index (κ3) is 3.23. The van der Waals surface area contributed by atoms with Crippen molar-refractivity contribution in [3.63, 3.8) is 0 Å². The maximum absolute atomic E-state index is 11.0. The van der Waals surface area contributed by atoms with Crippen LogP contribution in [-0.4, -0.2) is 34.6 Å². The molecular weight excluding hydrogens is 310 g/mol. The minimum atomic E-state index is -3.28. The summed E-state index contributed by atoms with van der Waals surface area (Å²) in [5, 5.41) is 7.89. The van der Waals surface area contributed by atoms with Crippen LogP contribution in [0.5, 0.6) is 0 Å². The van der Waals surface area contributed by atoms with E-state index in [1.165, 1.54) is 0 Å². The molecule has 3 aromatic rings. The van der Waals surface area contributed by atoms with Crippen LogP contribution in [-0.2, 0) is 23.6 Å². The molecule has 3 rings (SSSR count). The van der Waals surface area contributed by atoms with Gasteiger partial charge in [0.1, 0.15) is 5.76 Å². The van der Waals surface area contributed by atoms with Gasteiger partial charge in [0.25, 0.3) is 5.89 Å². The van der Waals surface area contributed by atoms with Gasteiger partial charge in [-0.2, -0.15) is 10.1 Å². The number of aryl methyl sites for hydroxylation is 1. The van der Waals surface area contributed by atoms with Crippen molar-refractivity contribution in [1.82, 2.24) is 24.6 Å². The van der Waals surface area contributed by atoms with Crippen LogP contribution in [0.15, 0.2) is 33.5 Å². The van der Waals surface area contributed by atoms with Gasteiger partial charge in [-0.3, -0.25) is 4.68 Å². The first-order valence-corrected chi connectivity index (χ1v) is 8.16. The molecule has 0 amide bonds. The molecular formula is C12H13N5O4S. The van der Waals surface area contributed by atoms with Crippen molar-refractivity contribution in [2.45, 2.75) is 6.54 Å². The van der Waals surface area contributed by atoms with Gasteiger partial charge in [0.05, 0.1) is 24.6 Å². The molecule has 0 bridgehead atoms. The fourth-order valence-electron chi connectivity index (χ4n) is 1.77. The van der Waals surface area contributed by atoms with Crippen molar-refractivity contribution in [2.24, 2.45) is 7.05 Å². The maximum Gasteiger partial charge on any atom is 0.293 e. The van der Waals surface area contributed by atoms with Gasteiger partial charge in [-0.05, 0) is 12.1 Å². The van der Waals surface area contributed by atoms with Crippen molar-refractivity contribution in [3.05, 3.63) is 30.3 Å². The summed E-state index contributed by atoms with van der Waals surface area (Å²) in [4.78, 5) is 4.22. The van der Waals surface area contributed by atoms with E-state index >= 15 is 0 Å². The first kappa shape index (κ1) is 14.5. The zero-order valence-electron chi connectivity index (χ0n) is 11.8. The van der Waals surface area contributed by atoms with Crippen LogP contribution in [0.25, 0.3) is 23.0 Å². The molecule has 0 unspecified atom stereocenters. The van der Waals surface area contributed by atoms with Crippen LogP contribution in [0.4, 0.5) is 0 Å². The highest BCUT2D eigenvalue weighted by Gasteiger charge is 2.15. The Morgan fingerprint density at radius 1 is 1.36 bits per heavy atom. The topological polar surface area (TPSA) is 116 Å². The lowest BCUT2D eigenvalue weighted by Gasteiger charge is -1.97. The lowest BCUT2D eigenvalue weighted by molar-refractivity contribution is 0.411. The summed E-state index contributed by atoms with van der Waals surface area (Å²) in [6.07, 6.45) is 4.46. The second-order valence-corrected chi connectivity index (χ2v) is 6.52. The summed E-state index contributed by atoms with van der Waals surface area (Å²) in [5.41, 5.74) is 0.725. The molecule has 0 aliphatic heterocycles. The zero-order valence-corrected chi connectivity index (χ0v) is 12.7. The highest BCUT2D eigenvalue weighted by atomic mass is 32.2. The molecule has 0 atom stereocenters. The highest BCUT2D eigenvalue weighted by Crippen LogP contribution is 2.23. The van der Waals surface area contributed by atoms with Gasteiger partial charge in [-0.25, -0.2) is 13.1 Å². The Morgan fingerprint density at radius 3 is 2.86 bits per heavy atom. The van der Waals surface area contributed by atoms with E-state index in [1.54, 1.807) is 36.3 Å². The van der Waals surface area contributed by atoms with Crippen molar-refractivity contribution in [3.8, 4) is 23.0 Å². The molecule has 1 N–H and O–H groups in total. The van der Waals surface area contributed by atoms with Crippen LogP contribution in [0.2, 0.25) is 0 Å². The molecule has 0 aliphatic carbocycles. The lowest BCUT2D eigenvalue weighted by Crippen LogP contribution is -2.20. The second-order valence-electron chi connectivity index (χ2n) is 4.69. The van der Waals surface area contributed by atoms with E-state index in [9.17, 15) is 8.42 Å². The Morgan fingerprint density at radius 2 is 2.18 bits per heavy atom. The number of aromatic nitrogens is 4. The Labute approximate surface area is 126 Å². The quantitative estimate of drug-likeness (QED) is 0.737. The van der Waals surface area contributed by atoms with Crippen molar-refractivity contribution in [1.29, 1.82) is 0 Å². The molecule has 3 aromatic heterocycles. The minimum Gasteiger partial charge on any atom is -0.455 e. The van der Waals surface area contributed by atoms with E-state index in [-0.39, 0.29) is 12.4 Å². The van der Waals surface area contributed by atoms with Gasteiger partial charge in [0.2, 0.25) is 15.8 Å². The van der Waals surface area contributed by atoms with Crippen molar-refractivity contribution in [2.75, 3.05) is 6.26 Å². The normalized spacial score (nSPS) is 11.9. The molecule has 116 valence electrons. The summed E-state index contributed by atoms with van der Waals surface area (Å²) in [5.74, 6) is 1.43. The number of hydrogen-bond donors (Lipinski definition) is 1. The van der Waals surface area contributed by atoms with E-state index in [4.69, 9.17) is 8.94 Å². The van der Waals surface area contributed by atoms with Gasteiger partial charge >= 0.3 is 0 Å². The number of nitrogens with zero attached hydrogens (tertiary/aromatic N) is 4. The summed E-state index contributed by atoms with van der Waals surface area (Å²) >= 11 is 0. The first-order valence-electron chi connectivity index (χ1n) is 6.27. The molecule has 0 aliphatic rings. The van der Waals surface area contributed by atoms with E-state index in [1.807, 2.05) is 0 Å². The van der Waals surface area contributed by atoms with Gasteiger partial charge < -0.3 is 8.94 Å². The van der Waals surface area contributed by atoms with Crippen LogP contribution in [0.1, 0.15) is 5.76 Å². The number of nitrogens with one attached hydrogen (secondary N) is 1. The van der Waals surface area contributed by atoms with Crippen molar-refractivity contribution >= 4 is 10.0 Å². The molecule has 0 aromatic carbocycles. The third-order valence-electron chi connectivity index (χ3n) is 2.77. The van der Waals surface area contributed by atoms with E-state index < -0.39 is 10.0 Å². The van der Waals surface area contributed by atoms with E-state index in [2.05, 4.69) is 20.0 Å². The van der Waals surface area contributed by atoms with Crippen LogP contribution >= 0.6 is 0 Å². The van der Waals surface area contributed by atoms with Crippen molar-refractivity contribution < 1.29 is 17.4 Å². The molecule has 3 heterocycles. The average molecular weight is 323 g/mol. The summed E-state index contributed by atoms with van der Waals surface area (Å²) in [6.45, 7) is 0.0580. The van der Waals surface area contributed by atoms with Crippen LogP contribution in [0, 0.1) is 0 Å². The summed E-state index contributed by atoms with van der Waals surface area (Å²) in [7, 11) is -1.49. The molecule has 22 heavy (non-hydrogen) atoms. The molecule has 0 saturated carbocycles. The minimum absolute atomic E-state index is 0.0580. The summed E-state index contributed by atoms with van der Waals surface area (Å²) in [6, 6.07) is 3.28. The number of furan rings is 1. The second kappa shape index (κ2) is 5.39. The smallest absolute Gasteiger partial charge is 0.293 e. The monoisotopic (exact) mass is 323 g/mol. The number of rotatable bonds is 5. The maximum atomic E-state index is 11.0. The van der Waals surface area contributed by atoms with Gasteiger partial charge in [0, 0.05) is 13.2 Å². The Bertz CT molecular complexity index is 892. The molecule has 0 spiro atoms. The largest absolute Gasteiger partial charge is 0.455 e. The molecule has 0 radical (unpaired) electrons. The third-order valence-corrected chi connectivity index (χ3v) is 3.44. The van der Waals surface area contributed by atoms with E-state index in [0.717, 1.165) is 11.8 Å². The Hall–Kier alpha value is -2.46. The first-order chi connectivity index (χ1) is 10.4. The van der Waals surface area contributed by atoms with Crippen LogP contribution in [0.3, 0.4) is 0 Å². The lowest BCUT2D eigenvalue weighted by atomic mass is 10.3. The van der Waals surface area contributed by atoms with Gasteiger partial charge in [-0.15, -0.1) is 0 Å².